The molecule has 2 aromatic heterocycles. The van der Waals surface area contributed by atoms with Crippen LogP contribution in [0.1, 0.15) is 23.2 Å². The van der Waals surface area contributed by atoms with Crippen molar-refractivity contribution in [3.8, 4) is 5.75 Å². The van der Waals surface area contributed by atoms with Gasteiger partial charge in [-0.3, -0.25) is 14.7 Å². The van der Waals surface area contributed by atoms with Crippen LogP contribution in [-0.2, 0) is 22.4 Å². The third kappa shape index (κ3) is 4.10. The SMILES string of the molecule is Cc1ncc(Cl)c2c1CC(CNCCC1CN(c3ccc4c(n3)NC(=O)CO4)C(=O)O1)C2. The lowest BCUT2D eigenvalue weighted by molar-refractivity contribution is -0.118. The Morgan fingerprint density at radius 3 is 2.97 bits per heavy atom. The first-order valence-electron chi connectivity index (χ1n) is 10.7. The molecule has 2 atom stereocenters. The van der Waals surface area contributed by atoms with E-state index in [4.69, 9.17) is 21.1 Å². The van der Waals surface area contributed by atoms with E-state index in [1.54, 1.807) is 18.3 Å². The number of halogens is 1. The average molecular weight is 458 g/mol. The van der Waals surface area contributed by atoms with E-state index >= 15 is 0 Å². The van der Waals surface area contributed by atoms with Gasteiger partial charge in [-0.2, -0.15) is 0 Å². The molecule has 2 aliphatic heterocycles. The lowest BCUT2D eigenvalue weighted by atomic mass is 10.1. The van der Waals surface area contributed by atoms with E-state index in [0.29, 0.717) is 36.3 Å². The summed E-state index contributed by atoms with van der Waals surface area (Å²) < 4.78 is 10.8. The smallest absolute Gasteiger partial charge is 0.415 e. The minimum atomic E-state index is -0.436. The fourth-order valence-electron chi connectivity index (χ4n) is 4.49. The molecule has 0 aromatic carbocycles. The Balaban J connectivity index is 1.11. The van der Waals surface area contributed by atoms with Crippen LogP contribution in [0.15, 0.2) is 18.3 Å². The van der Waals surface area contributed by atoms with Crippen LogP contribution in [0.5, 0.6) is 5.75 Å². The van der Waals surface area contributed by atoms with E-state index in [2.05, 4.69) is 20.6 Å². The number of aromatic nitrogens is 2. The van der Waals surface area contributed by atoms with Crippen LogP contribution in [0, 0.1) is 12.8 Å². The summed E-state index contributed by atoms with van der Waals surface area (Å²) in [4.78, 5) is 34.1. The number of rotatable bonds is 6. The number of pyridine rings is 2. The van der Waals surface area contributed by atoms with Crippen LogP contribution in [-0.4, -0.2) is 54.3 Å². The number of hydrogen-bond acceptors (Lipinski definition) is 7. The molecule has 9 nitrogen and oxygen atoms in total. The topological polar surface area (TPSA) is 106 Å². The molecule has 10 heteroatoms. The molecule has 2 aromatic rings. The van der Waals surface area contributed by atoms with Crippen molar-refractivity contribution in [2.24, 2.45) is 5.92 Å². The van der Waals surface area contributed by atoms with E-state index in [1.807, 2.05) is 6.92 Å². The highest BCUT2D eigenvalue weighted by molar-refractivity contribution is 6.31. The fourth-order valence-corrected chi connectivity index (χ4v) is 4.73. The predicted octanol–water partition coefficient (Wildman–Crippen LogP) is 2.49. The second-order valence-electron chi connectivity index (χ2n) is 8.39. The zero-order valence-electron chi connectivity index (χ0n) is 17.7. The van der Waals surface area contributed by atoms with Crippen LogP contribution in [0.4, 0.5) is 16.4 Å². The molecule has 0 saturated carbocycles. The molecule has 3 aliphatic rings. The Labute approximate surface area is 190 Å². The summed E-state index contributed by atoms with van der Waals surface area (Å²) in [5.74, 6) is 1.46. The zero-order valence-corrected chi connectivity index (χ0v) is 18.4. The molecular weight excluding hydrogens is 434 g/mol. The van der Waals surface area contributed by atoms with Gasteiger partial charge in [0.1, 0.15) is 11.9 Å². The summed E-state index contributed by atoms with van der Waals surface area (Å²) >= 11 is 6.31. The van der Waals surface area contributed by atoms with E-state index < -0.39 is 6.09 Å². The molecule has 4 heterocycles. The summed E-state index contributed by atoms with van der Waals surface area (Å²) in [7, 11) is 0. The van der Waals surface area contributed by atoms with Crippen molar-refractivity contribution >= 4 is 35.2 Å². The van der Waals surface area contributed by atoms with E-state index in [9.17, 15) is 9.59 Å². The summed E-state index contributed by atoms with van der Waals surface area (Å²) in [6.07, 6.45) is 3.73. The zero-order chi connectivity index (χ0) is 22.2. The van der Waals surface area contributed by atoms with E-state index in [1.165, 1.54) is 16.0 Å². The van der Waals surface area contributed by atoms with Crippen molar-refractivity contribution in [1.82, 2.24) is 15.3 Å². The minimum absolute atomic E-state index is 0.0364. The Morgan fingerprint density at radius 2 is 2.12 bits per heavy atom. The number of ether oxygens (including phenoxy) is 2. The molecule has 168 valence electrons. The Kier molecular flexibility index (Phi) is 5.60. The molecule has 0 bridgehead atoms. The Hall–Kier alpha value is -2.91. The van der Waals surface area contributed by atoms with E-state index in [0.717, 1.165) is 36.6 Å². The Morgan fingerprint density at radius 1 is 1.28 bits per heavy atom. The number of fused-ring (bicyclic) bond motifs is 2. The summed E-state index contributed by atoms with van der Waals surface area (Å²) in [6, 6.07) is 3.39. The first-order valence-corrected chi connectivity index (χ1v) is 11.1. The molecule has 0 radical (unpaired) electrons. The van der Waals surface area contributed by atoms with Crippen LogP contribution in [0.25, 0.3) is 0 Å². The number of aryl methyl sites for hydroxylation is 1. The summed E-state index contributed by atoms with van der Waals surface area (Å²) in [5.41, 5.74) is 3.57. The van der Waals surface area contributed by atoms with Gasteiger partial charge in [0.15, 0.2) is 18.2 Å². The minimum Gasteiger partial charge on any atom is -0.480 e. The Bertz CT molecular complexity index is 1050. The molecule has 32 heavy (non-hydrogen) atoms. The number of cyclic esters (lactones) is 1. The van der Waals surface area contributed by atoms with Crippen molar-refractivity contribution < 1.29 is 19.1 Å². The van der Waals surface area contributed by atoms with Crippen LogP contribution in [0.3, 0.4) is 0 Å². The molecule has 2 unspecified atom stereocenters. The molecule has 1 saturated heterocycles. The monoisotopic (exact) mass is 457 g/mol. The highest BCUT2D eigenvalue weighted by atomic mass is 35.5. The molecule has 1 aliphatic carbocycles. The third-order valence-corrected chi connectivity index (χ3v) is 6.46. The van der Waals surface area contributed by atoms with Gasteiger partial charge < -0.3 is 20.1 Å². The normalized spacial score (nSPS) is 21.6. The maximum atomic E-state index is 12.4. The lowest BCUT2D eigenvalue weighted by Gasteiger charge is -2.19. The fraction of sp³-hybridized carbons (Fsp3) is 0.455. The van der Waals surface area contributed by atoms with Gasteiger partial charge in [-0.1, -0.05) is 11.6 Å². The van der Waals surface area contributed by atoms with Gasteiger partial charge in [-0.25, -0.2) is 9.78 Å². The van der Waals surface area contributed by atoms with Crippen molar-refractivity contribution in [3.63, 3.8) is 0 Å². The maximum absolute atomic E-state index is 12.4. The van der Waals surface area contributed by atoms with Crippen molar-refractivity contribution in [2.75, 3.05) is 36.5 Å². The van der Waals surface area contributed by atoms with Gasteiger partial charge in [0, 0.05) is 11.9 Å². The molecule has 5 rings (SSSR count). The number of nitrogens with zero attached hydrogens (tertiary/aromatic N) is 3. The van der Waals surface area contributed by atoms with Crippen molar-refractivity contribution in [2.45, 2.75) is 32.3 Å². The van der Waals surface area contributed by atoms with Crippen LogP contribution in [0.2, 0.25) is 5.02 Å². The molecule has 0 spiro atoms. The van der Waals surface area contributed by atoms with Crippen LogP contribution < -0.4 is 20.3 Å². The number of carbonyl (C=O) groups excluding carboxylic acids is 2. The summed E-state index contributed by atoms with van der Waals surface area (Å²) in [6.45, 7) is 4.03. The standard InChI is InChI=1S/C22H24ClN5O4/c1-12-15-6-13(7-16(15)17(23)9-25-12)8-24-5-4-14-10-28(22(30)32-14)19-3-2-18-21(26-19)27-20(29)11-31-18/h2-3,9,13-14,24H,4-8,10-11H2,1H3,(H,26,27,29). The van der Waals surface area contributed by atoms with Crippen LogP contribution >= 0.6 is 11.6 Å². The number of carbonyl (C=O) groups is 2. The number of amides is 2. The second-order valence-corrected chi connectivity index (χ2v) is 8.79. The first kappa shape index (κ1) is 21.0. The van der Waals surface area contributed by atoms with Gasteiger partial charge in [-0.15, -0.1) is 0 Å². The lowest BCUT2D eigenvalue weighted by Crippen LogP contribution is -2.30. The molecule has 2 N–H and O–H groups in total. The number of hydrogen-bond donors (Lipinski definition) is 2. The average Bonchev–Trinajstić information content (AvgIpc) is 3.38. The van der Waals surface area contributed by atoms with Crippen molar-refractivity contribution in [3.05, 3.63) is 40.2 Å². The van der Waals surface area contributed by atoms with Gasteiger partial charge in [0.25, 0.3) is 5.91 Å². The second kappa shape index (κ2) is 8.55. The first-order chi connectivity index (χ1) is 15.5. The largest absolute Gasteiger partial charge is 0.480 e. The van der Waals surface area contributed by atoms with Gasteiger partial charge in [-0.05, 0) is 68.5 Å². The molecule has 1 fully saturated rings. The van der Waals surface area contributed by atoms with Crippen molar-refractivity contribution in [1.29, 1.82) is 0 Å². The molecular formula is C22H24ClN5O4. The molecule has 2 amide bonds. The maximum Gasteiger partial charge on any atom is 0.415 e. The predicted molar refractivity (Wildman–Crippen MR) is 118 cm³/mol. The highest BCUT2D eigenvalue weighted by Gasteiger charge is 2.34. The van der Waals surface area contributed by atoms with E-state index in [-0.39, 0.29) is 18.6 Å². The summed E-state index contributed by atoms with van der Waals surface area (Å²) in [5, 5.41) is 6.90. The van der Waals surface area contributed by atoms with Gasteiger partial charge >= 0.3 is 6.09 Å². The third-order valence-electron chi connectivity index (χ3n) is 6.13. The number of nitrogens with one attached hydrogen (secondary N) is 2. The quantitative estimate of drug-likeness (QED) is 0.642. The highest BCUT2D eigenvalue weighted by Crippen LogP contribution is 2.33. The van der Waals surface area contributed by atoms with Gasteiger partial charge in [0.05, 0.1) is 11.6 Å². The number of anilines is 2. The van der Waals surface area contributed by atoms with Gasteiger partial charge in [0.2, 0.25) is 0 Å².